The zero-order valence-electron chi connectivity index (χ0n) is 13.5. The van der Waals surface area contributed by atoms with Gasteiger partial charge in [-0.2, -0.15) is 0 Å². The van der Waals surface area contributed by atoms with E-state index < -0.39 is 11.6 Å². The van der Waals surface area contributed by atoms with Gasteiger partial charge in [-0.05, 0) is 35.2 Å². The number of nitrogens with one attached hydrogen (secondary N) is 1. The van der Waals surface area contributed by atoms with Crippen LogP contribution in [0.2, 0.25) is 0 Å². The molecule has 0 saturated carbocycles. The summed E-state index contributed by atoms with van der Waals surface area (Å²) in [5.74, 6) is -1.51. The molecule has 0 saturated heterocycles. The zero-order valence-corrected chi connectivity index (χ0v) is 13.5. The minimum Gasteiger partial charge on any atom is -0.350 e. The average Bonchev–Trinajstić information content (AvgIpc) is 2.43. The molecule has 3 nitrogen and oxygen atoms in total. The third-order valence-corrected chi connectivity index (χ3v) is 3.13. The fourth-order valence-electron chi connectivity index (χ4n) is 2.06. The van der Waals surface area contributed by atoms with Crippen LogP contribution in [0.5, 0.6) is 0 Å². The fraction of sp³-hybridized carbons (Fsp3) is 0.333. The second-order valence-corrected chi connectivity index (χ2v) is 6.71. The molecule has 0 aliphatic rings. The highest BCUT2D eigenvalue weighted by Gasteiger charge is 2.14. The molecule has 0 bridgehead atoms. The van der Waals surface area contributed by atoms with Crippen LogP contribution >= 0.6 is 0 Å². The molecule has 1 aromatic heterocycles. The maximum Gasteiger partial charge on any atom is 0.269 e. The van der Waals surface area contributed by atoms with E-state index in [0.29, 0.717) is 23.5 Å². The summed E-state index contributed by atoms with van der Waals surface area (Å²) in [5, 5.41) is 2.83. The number of carbonyl (C=O) groups excluding carboxylic acids is 1. The predicted octanol–water partition coefficient (Wildman–Crippen LogP) is 3.73. The van der Waals surface area contributed by atoms with Gasteiger partial charge < -0.3 is 5.32 Å². The van der Waals surface area contributed by atoms with Gasteiger partial charge in [0.15, 0.2) is 0 Å². The molecule has 5 heteroatoms. The minimum atomic E-state index is -0.626. The van der Waals surface area contributed by atoms with Gasteiger partial charge in [0, 0.05) is 24.7 Å². The Morgan fingerprint density at radius 3 is 2.39 bits per heavy atom. The highest BCUT2D eigenvalue weighted by molar-refractivity contribution is 5.92. The molecule has 1 aromatic carbocycles. The summed E-state index contributed by atoms with van der Waals surface area (Å²) in [6.45, 7) is 6.60. The van der Waals surface area contributed by atoms with Crippen LogP contribution in [0.15, 0.2) is 36.4 Å². The molecule has 2 rings (SSSR count). The topological polar surface area (TPSA) is 42.0 Å². The lowest BCUT2D eigenvalue weighted by Crippen LogP contribution is -2.32. The molecule has 1 heterocycles. The maximum atomic E-state index is 13.2. The molecule has 1 N–H and O–H groups in total. The van der Waals surface area contributed by atoms with E-state index in [1.807, 2.05) is 20.8 Å². The average molecular weight is 318 g/mol. The summed E-state index contributed by atoms with van der Waals surface area (Å²) < 4.78 is 26.5. The second kappa shape index (κ2) is 6.86. The number of benzene rings is 1. The normalized spacial score (nSPS) is 11.3. The summed E-state index contributed by atoms with van der Waals surface area (Å²) in [6, 6.07) is 8.41. The predicted molar refractivity (Wildman–Crippen MR) is 85.2 cm³/mol. The van der Waals surface area contributed by atoms with Crippen molar-refractivity contribution in [3.05, 3.63) is 65.0 Å². The Labute approximate surface area is 134 Å². The van der Waals surface area contributed by atoms with Gasteiger partial charge >= 0.3 is 0 Å². The fourth-order valence-corrected chi connectivity index (χ4v) is 2.06. The Balaban J connectivity index is 2.11. The Kier molecular flexibility index (Phi) is 5.08. The number of nitrogens with zero attached hydrogens (tertiary/aromatic N) is 1. The van der Waals surface area contributed by atoms with E-state index in [2.05, 4.69) is 10.3 Å². The molecular weight excluding hydrogens is 298 g/mol. The van der Waals surface area contributed by atoms with Crippen molar-refractivity contribution in [3.8, 4) is 0 Å². The SMILES string of the molecule is CC(C)(C)CNC(=O)c1cccc(Cc2cc(F)cc(F)c2)n1. The smallest absolute Gasteiger partial charge is 0.269 e. The highest BCUT2D eigenvalue weighted by Crippen LogP contribution is 2.13. The molecule has 23 heavy (non-hydrogen) atoms. The summed E-state index contributed by atoms with van der Waals surface area (Å²) in [5.41, 5.74) is 1.33. The van der Waals surface area contributed by atoms with Crippen LogP contribution in [-0.2, 0) is 6.42 Å². The Morgan fingerprint density at radius 2 is 1.78 bits per heavy atom. The van der Waals surface area contributed by atoms with Crippen molar-refractivity contribution in [2.45, 2.75) is 27.2 Å². The van der Waals surface area contributed by atoms with E-state index in [9.17, 15) is 13.6 Å². The van der Waals surface area contributed by atoms with Gasteiger partial charge in [-0.1, -0.05) is 26.8 Å². The monoisotopic (exact) mass is 318 g/mol. The third kappa shape index (κ3) is 5.43. The summed E-state index contributed by atoms with van der Waals surface area (Å²) in [7, 11) is 0. The van der Waals surface area contributed by atoms with E-state index in [4.69, 9.17) is 0 Å². The van der Waals surface area contributed by atoms with Gasteiger partial charge in [0.2, 0.25) is 0 Å². The first-order chi connectivity index (χ1) is 10.7. The van der Waals surface area contributed by atoms with Crippen molar-refractivity contribution >= 4 is 5.91 Å². The third-order valence-electron chi connectivity index (χ3n) is 3.13. The Hall–Kier alpha value is -2.30. The lowest BCUT2D eigenvalue weighted by Gasteiger charge is -2.18. The molecule has 0 unspecified atom stereocenters. The van der Waals surface area contributed by atoms with Crippen LogP contribution in [0.4, 0.5) is 8.78 Å². The van der Waals surface area contributed by atoms with Gasteiger partial charge in [-0.3, -0.25) is 4.79 Å². The van der Waals surface area contributed by atoms with E-state index in [0.717, 1.165) is 6.07 Å². The molecule has 122 valence electrons. The van der Waals surface area contributed by atoms with E-state index in [-0.39, 0.29) is 17.7 Å². The number of aromatic nitrogens is 1. The van der Waals surface area contributed by atoms with E-state index >= 15 is 0 Å². The highest BCUT2D eigenvalue weighted by atomic mass is 19.1. The maximum absolute atomic E-state index is 13.2. The quantitative estimate of drug-likeness (QED) is 0.933. The van der Waals surface area contributed by atoms with Crippen LogP contribution < -0.4 is 5.32 Å². The van der Waals surface area contributed by atoms with Crippen molar-refractivity contribution < 1.29 is 13.6 Å². The molecule has 2 aromatic rings. The molecule has 0 aliphatic carbocycles. The second-order valence-electron chi connectivity index (χ2n) is 6.71. The number of rotatable bonds is 4. The molecule has 0 atom stereocenters. The number of hydrogen-bond acceptors (Lipinski definition) is 2. The van der Waals surface area contributed by atoms with Crippen molar-refractivity contribution in [2.75, 3.05) is 6.54 Å². The first-order valence-electron chi connectivity index (χ1n) is 7.42. The molecular formula is C18H20F2N2O. The van der Waals surface area contributed by atoms with Crippen LogP contribution in [0, 0.1) is 17.0 Å². The van der Waals surface area contributed by atoms with Gasteiger partial charge in [0.25, 0.3) is 5.91 Å². The number of carbonyl (C=O) groups is 1. The number of halogens is 2. The summed E-state index contributed by atoms with van der Waals surface area (Å²) in [6.07, 6.45) is 0.259. The molecule has 0 aliphatic heterocycles. The molecule has 0 fully saturated rings. The van der Waals surface area contributed by atoms with Gasteiger partial charge in [-0.25, -0.2) is 13.8 Å². The lowest BCUT2D eigenvalue weighted by atomic mass is 9.97. The Morgan fingerprint density at radius 1 is 1.13 bits per heavy atom. The van der Waals surface area contributed by atoms with E-state index in [1.54, 1.807) is 18.2 Å². The van der Waals surface area contributed by atoms with E-state index in [1.165, 1.54) is 12.1 Å². The van der Waals surface area contributed by atoms with Gasteiger partial charge in [0.05, 0.1) is 0 Å². The first kappa shape index (κ1) is 17.1. The van der Waals surface area contributed by atoms with Crippen LogP contribution in [0.1, 0.15) is 42.5 Å². The van der Waals surface area contributed by atoms with Crippen molar-refractivity contribution in [1.82, 2.24) is 10.3 Å². The largest absolute Gasteiger partial charge is 0.350 e. The standard InChI is InChI=1S/C18H20F2N2O/c1-18(2,3)11-21-17(23)16-6-4-5-15(22-16)9-12-7-13(19)10-14(20)8-12/h4-8,10H,9,11H2,1-3H3,(H,21,23). The van der Waals surface area contributed by atoms with Crippen molar-refractivity contribution in [1.29, 1.82) is 0 Å². The number of pyridine rings is 1. The van der Waals surface area contributed by atoms with Crippen molar-refractivity contribution in [2.24, 2.45) is 5.41 Å². The van der Waals surface area contributed by atoms with Gasteiger partial charge in [0.1, 0.15) is 17.3 Å². The number of hydrogen-bond donors (Lipinski definition) is 1. The van der Waals surface area contributed by atoms with Crippen molar-refractivity contribution in [3.63, 3.8) is 0 Å². The summed E-state index contributed by atoms with van der Waals surface area (Å²) >= 11 is 0. The number of amides is 1. The zero-order chi connectivity index (χ0) is 17.0. The molecule has 0 spiro atoms. The molecule has 0 radical (unpaired) electrons. The Bertz CT molecular complexity index is 688. The minimum absolute atomic E-state index is 0.0215. The molecule has 1 amide bonds. The van der Waals surface area contributed by atoms with Crippen LogP contribution in [-0.4, -0.2) is 17.4 Å². The summed E-state index contributed by atoms with van der Waals surface area (Å²) in [4.78, 5) is 16.4. The van der Waals surface area contributed by atoms with Crippen LogP contribution in [0.3, 0.4) is 0 Å². The van der Waals surface area contributed by atoms with Gasteiger partial charge in [-0.15, -0.1) is 0 Å². The lowest BCUT2D eigenvalue weighted by molar-refractivity contribution is 0.0934. The van der Waals surface area contributed by atoms with Crippen LogP contribution in [0.25, 0.3) is 0 Å². The first-order valence-corrected chi connectivity index (χ1v) is 7.42.